The molecule has 3 heterocycles. The lowest BCUT2D eigenvalue weighted by Gasteiger charge is -2.24. The van der Waals surface area contributed by atoms with E-state index in [4.69, 9.17) is 5.73 Å². The Kier molecular flexibility index (Phi) is 5.81. The summed E-state index contributed by atoms with van der Waals surface area (Å²) in [5.41, 5.74) is 8.01. The Bertz CT molecular complexity index is 925. The number of piperidine rings is 1. The lowest BCUT2D eigenvalue weighted by atomic mass is 10.0. The van der Waals surface area contributed by atoms with Crippen molar-refractivity contribution >= 4 is 16.6 Å². The number of aromatic nitrogens is 3. The van der Waals surface area contributed by atoms with Gasteiger partial charge in [0.2, 0.25) is 0 Å². The molecule has 3 aromatic rings. The van der Waals surface area contributed by atoms with Crippen LogP contribution < -0.4 is 5.73 Å². The molecular formula is C20H24FN5O. The molecule has 0 spiro atoms. The van der Waals surface area contributed by atoms with E-state index in [2.05, 4.69) is 15.2 Å². The van der Waals surface area contributed by atoms with Gasteiger partial charge in [-0.2, -0.15) is 0 Å². The molecule has 1 saturated heterocycles. The zero-order chi connectivity index (χ0) is 19.4. The van der Waals surface area contributed by atoms with Gasteiger partial charge in [0.25, 0.3) is 0 Å². The second kappa shape index (κ2) is 8.26. The minimum absolute atomic E-state index is 0.178. The summed E-state index contributed by atoms with van der Waals surface area (Å²) in [5, 5.41) is 19.6. The number of phenolic OH excluding ortho intramolecular Hbond substituents is 1. The molecule has 1 aromatic carbocycles. The van der Waals surface area contributed by atoms with E-state index in [9.17, 15) is 9.50 Å². The van der Waals surface area contributed by atoms with E-state index in [1.165, 1.54) is 0 Å². The van der Waals surface area contributed by atoms with Crippen molar-refractivity contribution in [2.24, 2.45) is 0 Å². The molecule has 1 unspecified atom stereocenters. The number of nitrogen functional groups attached to an aromatic ring is 1. The number of pyridine rings is 1. The van der Waals surface area contributed by atoms with Crippen molar-refractivity contribution in [3.8, 4) is 17.0 Å². The zero-order valence-corrected chi connectivity index (χ0v) is 15.6. The summed E-state index contributed by atoms with van der Waals surface area (Å²) in [4.78, 5) is 6.07. The predicted octanol–water partition coefficient (Wildman–Crippen LogP) is 3.34. The van der Waals surface area contributed by atoms with Crippen LogP contribution in [0.3, 0.4) is 0 Å². The Labute approximate surface area is 157 Å². The van der Waals surface area contributed by atoms with Gasteiger partial charge in [-0.25, -0.2) is 4.39 Å². The summed E-state index contributed by atoms with van der Waals surface area (Å²) in [6.45, 7) is 3.63. The van der Waals surface area contributed by atoms with Gasteiger partial charge >= 0.3 is 0 Å². The number of hydrogen-bond donors (Lipinski definition) is 2. The van der Waals surface area contributed by atoms with E-state index in [0.29, 0.717) is 23.6 Å². The predicted molar refractivity (Wildman–Crippen MR) is 105 cm³/mol. The van der Waals surface area contributed by atoms with E-state index in [0.717, 1.165) is 35.7 Å². The van der Waals surface area contributed by atoms with Crippen LogP contribution in [0.5, 0.6) is 5.75 Å². The van der Waals surface area contributed by atoms with E-state index < -0.39 is 6.17 Å². The summed E-state index contributed by atoms with van der Waals surface area (Å²) < 4.78 is 12.4. The van der Waals surface area contributed by atoms with E-state index >= 15 is 0 Å². The number of likely N-dealkylation sites (tertiary alicyclic amines) is 1. The molecule has 1 atom stereocenters. The summed E-state index contributed by atoms with van der Waals surface area (Å²) >= 11 is 0. The normalized spacial score (nSPS) is 17.4. The van der Waals surface area contributed by atoms with Gasteiger partial charge in [0, 0.05) is 35.3 Å². The topological polar surface area (TPSA) is 88.2 Å². The second-order valence-electron chi connectivity index (χ2n) is 6.88. The summed E-state index contributed by atoms with van der Waals surface area (Å²) in [6.07, 6.45) is 4.54. The van der Waals surface area contributed by atoms with Gasteiger partial charge in [-0.3, -0.25) is 4.98 Å². The number of aryl methyl sites for hydroxylation is 1. The molecule has 0 radical (unpaired) electrons. The number of nitrogens with zero attached hydrogens (tertiary/aromatic N) is 4. The highest BCUT2D eigenvalue weighted by Crippen LogP contribution is 2.33. The number of halogens is 1. The largest absolute Gasteiger partial charge is 0.507 e. The number of hydrogen-bond acceptors (Lipinski definition) is 6. The van der Waals surface area contributed by atoms with Crippen LogP contribution in [0, 0.1) is 6.92 Å². The Morgan fingerprint density at radius 2 is 2.04 bits per heavy atom. The van der Waals surface area contributed by atoms with Crippen LogP contribution >= 0.6 is 0 Å². The van der Waals surface area contributed by atoms with Crippen LogP contribution in [0.1, 0.15) is 18.4 Å². The Balaban J connectivity index is 0.000000221. The number of anilines is 1. The van der Waals surface area contributed by atoms with Gasteiger partial charge in [-0.05, 0) is 57.1 Å². The third-order valence-corrected chi connectivity index (χ3v) is 4.59. The van der Waals surface area contributed by atoms with Gasteiger partial charge in [-0.1, -0.05) is 6.07 Å². The zero-order valence-electron chi connectivity index (χ0n) is 15.6. The van der Waals surface area contributed by atoms with Crippen molar-refractivity contribution in [2.75, 3.05) is 25.9 Å². The molecule has 142 valence electrons. The molecule has 27 heavy (non-hydrogen) atoms. The summed E-state index contributed by atoms with van der Waals surface area (Å²) in [5.74, 6) is 0.510. The average molecular weight is 369 g/mol. The van der Waals surface area contributed by atoms with Crippen molar-refractivity contribution in [2.45, 2.75) is 25.9 Å². The maximum absolute atomic E-state index is 12.4. The fraction of sp³-hybridized carbons (Fsp3) is 0.350. The first-order valence-electron chi connectivity index (χ1n) is 8.94. The quantitative estimate of drug-likeness (QED) is 0.684. The molecule has 1 aliphatic heterocycles. The molecular weight excluding hydrogens is 345 g/mol. The monoisotopic (exact) mass is 369 g/mol. The van der Waals surface area contributed by atoms with Crippen LogP contribution in [-0.2, 0) is 0 Å². The van der Waals surface area contributed by atoms with Crippen LogP contribution in [0.4, 0.5) is 10.2 Å². The molecule has 7 heteroatoms. The van der Waals surface area contributed by atoms with Crippen molar-refractivity contribution in [1.82, 2.24) is 20.1 Å². The SMILES string of the molecule is CN1CCCC(F)C1.Cc1ccc(-c2nnc(N)c3cnccc23)c(O)c1. The number of alkyl halides is 1. The molecule has 1 fully saturated rings. The van der Waals surface area contributed by atoms with Crippen LogP contribution in [0.25, 0.3) is 22.0 Å². The maximum atomic E-state index is 12.4. The third kappa shape index (κ3) is 4.49. The van der Waals surface area contributed by atoms with Crippen LogP contribution in [0.15, 0.2) is 36.7 Å². The first-order chi connectivity index (χ1) is 13.0. The first-order valence-corrected chi connectivity index (χ1v) is 8.94. The number of nitrogens with two attached hydrogens (primary N) is 1. The van der Waals surface area contributed by atoms with E-state index in [1.54, 1.807) is 18.5 Å². The van der Waals surface area contributed by atoms with Gasteiger partial charge in [0.15, 0.2) is 5.82 Å². The van der Waals surface area contributed by atoms with Crippen molar-refractivity contribution < 1.29 is 9.50 Å². The van der Waals surface area contributed by atoms with Crippen molar-refractivity contribution in [1.29, 1.82) is 0 Å². The number of rotatable bonds is 1. The summed E-state index contributed by atoms with van der Waals surface area (Å²) in [6, 6.07) is 7.25. The molecule has 0 bridgehead atoms. The molecule has 0 saturated carbocycles. The highest BCUT2D eigenvalue weighted by atomic mass is 19.1. The first kappa shape index (κ1) is 19.0. The lowest BCUT2D eigenvalue weighted by Crippen LogP contribution is -2.32. The molecule has 6 nitrogen and oxygen atoms in total. The van der Waals surface area contributed by atoms with Crippen molar-refractivity contribution in [3.63, 3.8) is 0 Å². The third-order valence-electron chi connectivity index (χ3n) is 4.59. The second-order valence-corrected chi connectivity index (χ2v) is 6.88. The molecule has 0 amide bonds. The van der Waals surface area contributed by atoms with E-state index in [1.807, 2.05) is 37.1 Å². The minimum atomic E-state index is -0.561. The van der Waals surface area contributed by atoms with Crippen LogP contribution in [-0.4, -0.2) is 51.5 Å². The molecule has 1 aliphatic rings. The molecule has 2 aromatic heterocycles. The standard InChI is InChI=1S/C14H12N4O.C6H12FN/c1-8-2-3-10(12(19)6-8)13-9-4-5-16-7-11(9)14(15)18-17-13;1-8-4-2-3-6(7)5-8/h2-7,19H,1H3,(H2,15,18);6H,2-5H2,1H3. The Morgan fingerprint density at radius 3 is 2.70 bits per heavy atom. The minimum Gasteiger partial charge on any atom is -0.507 e. The fourth-order valence-electron chi connectivity index (χ4n) is 3.16. The highest BCUT2D eigenvalue weighted by molar-refractivity contribution is 5.99. The average Bonchev–Trinajstić information content (AvgIpc) is 2.63. The highest BCUT2D eigenvalue weighted by Gasteiger charge is 2.15. The number of phenols is 1. The van der Waals surface area contributed by atoms with E-state index in [-0.39, 0.29) is 5.75 Å². The maximum Gasteiger partial charge on any atom is 0.155 e. The summed E-state index contributed by atoms with van der Waals surface area (Å²) in [7, 11) is 1.96. The number of aromatic hydroxyl groups is 1. The van der Waals surface area contributed by atoms with Gasteiger partial charge in [-0.15, -0.1) is 10.2 Å². The molecule has 0 aliphatic carbocycles. The number of benzene rings is 1. The smallest absolute Gasteiger partial charge is 0.155 e. The Hall–Kier alpha value is -2.80. The van der Waals surface area contributed by atoms with Gasteiger partial charge in [0.1, 0.15) is 17.6 Å². The van der Waals surface area contributed by atoms with Crippen LogP contribution in [0.2, 0.25) is 0 Å². The fourth-order valence-corrected chi connectivity index (χ4v) is 3.16. The number of fused-ring (bicyclic) bond motifs is 1. The molecule has 4 rings (SSSR count). The lowest BCUT2D eigenvalue weighted by molar-refractivity contribution is 0.163. The molecule has 3 N–H and O–H groups in total. The van der Waals surface area contributed by atoms with Gasteiger partial charge in [0.05, 0.1) is 0 Å². The van der Waals surface area contributed by atoms with Crippen molar-refractivity contribution in [3.05, 3.63) is 42.2 Å². The Morgan fingerprint density at radius 1 is 1.22 bits per heavy atom. The van der Waals surface area contributed by atoms with Gasteiger partial charge < -0.3 is 15.7 Å².